The largest absolute Gasteiger partial charge is 0.352 e. The molecule has 1 amide bonds. The number of nitrogens with zero attached hydrogens (tertiary/aromatic N) is 1. The lowest BCUT2D eigenvalue weighted by atomic mass is 10.2. The van der Waals surface area contributed by atoms with Crippen molar-refractivity contribution in [3.63, 3.8) is 0 Å². The fourth-order valence-electron chi connectivity index (χ4n) is 1.44. The normalized spacial score (nSPS) is 15.0. The first-order chi connectivity index (χ1) is 7.25. The number of carbonyl (C=O) groups excluding carboxylic acids is 1. The molecular formula is C11H13ClN2O. The van der Waals surface area contributed by atoms with E-state index in [0.717, 1.165) is 18.9 Å². The summed E-state index contributed by atoms with van der Waals surface area (Å²) in [6, 6.07) is 3.24. The van der Waals surface area contributed by atoms with Crippen LogP contribution in [0, 0.1) is 5.92 Å². The van der Waals surface area contributed by atoms with Crippen LogP contribution in [0.1, 0.15) is 29.6 Å². The van der Waals surface area contributed by atoms with Crippen LogP contribution >= 0.6 is 11.6 Å². The van der Waals surface area contributed by atoms with Crippen LogP contribution in [0.15, 0.2) is 18.3 Å². The Morgan fingerprint density at radius 1 is 1.60 bits per heavy atom. The Balaban J connectivity index is 1.83. The summed E-state index contributed by atoms with van der Waals surface area (Å²) in [5.74, 6) is 0.770. The third kappa shape index (κ3) is 3.20. The molecule has 80 valence electrons. The molecule has 0 unspecified atom stereocenters. The van der Waals surface area contributed by atoms with Crippen molar-refractivity contribution in [3.8, 4) is 0 Å². The highest BCUT2D eigenvalue weighted by atomic mass is 35.5. The van der Waals surface area contributed by atoms with Crippen LogP contribution < -0.4 is 5.32 Å². The molecular weight excluding hydrogens is 212 g/mol. The summed E-state index contributed by atoms with van der Waals surface area (Å²) in [5.41, 5.74) is 0.575. The Hall–Kier alpha value is -1.09. The van der Waals surface area contributed by atoms with Gasteiger partial charge in [-0.2, -0.15) is 0 Å². The predicted molar refractivity (Wildman–Crippen MR) is 58.9 cm³/mol. The van der Waals surface area contributed by atoms with Crippen molar-refractivity contribution in [2.24, 2.45) is 5.92 Å². The zero-order valence-corrected chi connectivity index (χ0v) is 9.13. The number of pyridine rings is 1. The lowest BCUT2D eigenvalue weighted by molar-refractivity contribution is 0.0952. The topological polar surface area (TPSA) is 42.0 Å². The minimum atomic E-state index is -0.0695. The van der Waals surface area contributed by atoms with Crippen LogP contribution in [0.25, 0.3) is 0 Å². The molecule has 1 N–H and O–H groups in total. The van der Waals surface area contributed by atoms with Crippen molar-refractivity contribution in [2.45, 2.75) is 19.3 Å². The second-order valence-electron chi connectivity index (χ2n) is 3.86. The summed E-state index contributed by atoms with van der Waals surface area (Å²) < 4.78 is 0. The Morgan fingerprint density at radius 3 is 3.07 bits per heavy atom. The molecule has 1 aliphatic rings. The van der Waals surface area contributed by atoms with Crippen LogP contribution in [0.3, 0.4) is 0 Å². The van der Waals surface area contributed by atoms with E-state index in [0.29, 0.717) is 10.7 Å². The number of amides is 1. The van der Waals surface area contributed by atoms with Crippen LogP contribution in [0.2, 0.25) is 5.15 Å². The standard InChI is InChI=1S/C11H13ClN2O/c12-10-7-9(4-6-13-10)11(15)14-5-3-8-1-2-8/h4,6-8H,1-3,5H2,(H,14,15). The number of aromatic nitrogens is 1. The van der Waals surface area contributed by atoms with Gasteiger partial charge in [-0.25, -0.2) is 4.98 Å². The van der Waals surface area contributed by atoms with Crippen LogP contribution in [0.5, 0.6) is 0 Å². The monoisotopic (exact) mass is 224 g/mol. The zero-order chi connectivity index (χ0) is 10.7. The molecule has 0 bridgehead atoms. The van der Waals surface area contributed by atoms with E-state index in [1.54, 1.807) is 12.1 Å². The predicted octanol–water partition coefficient (Wildman–Crippen LogP) is 2.26. The quantitative estimate of drug-likeness (QED) is 0.798. The van der Waals surface area contributed by atoms with Gasteiger partial charge in [-0.15, -0.1) is 0 Å². The number of rotatable bonds is 4. The van der Waals surface area contributed by atoms with Crippen molar-refractivity contribution >= 4 is 17.5 Å². The molecule has 1 aromatic rings. The fourth-order valence-corrected chi connectivity index (χ4v) is 1.62. The van der Waals surface area contributed by atoms with Crippen LogP contribution in [-0.4, -0.2) is 17.4 Å². The van der Waals surface area contributed by atoms with Crippen molar-refractivity contribution in [2.75, 3.05) is 6.54 Å². The molecule has 1 saturated carbocycles. The zero-order valence-electron chi connectivity index (χ0n) is 8.37. The Morgan fingerprint density at radius 2 is 2.40 bits per heavy atom. The van der Waals surface area contributed by atoms with Gasteiger partial charge < -0.3 is 5.32 Å². The third-order valence-corrected chi connectivity index (χ3v) is 2.73. The molecule has 1 aromatic heterocycles. The molecule has 1 heterocycles. The van der Waals surface area contributed by atoms with E-state index in [1.165, 1.54) is 19.0 Å². The highest BCUT2D eigenvalue weighted by Crippen LogP contribution is 2.31. The fraction of sp³-hybridized carbons (Fsp3) is 0.455. The minimum Gasteiger partial charge on any atom is -0.352 e. The Bertz CT molecular complexity index is 363. The number of hydrogen-bond donors (Lipinski definition) is 1. The van der Waals surface area contributed by atoms with Crippen LogP contribution in [0.4, 0.5) is 0 Å². The van der Waals surface area contributed by atoms with E-state index >= 15 is 0 Å². The van der Waals surface area contributed by atoms with Crippen molar-refractivity contribution in [1.29, 1.82) is 0 Å². The van der Waals surface area contributed by atoms with E-state index in [4.69, 9.17) is 11.6 Å². The average molecular weight is 225 g/mol. The molecule has 0 saturated heterocycles. The van der Waals surface area contributed by atoms with Crippen molar-refractivity contribution < 1.29 is 4.79 Å². The van der Waals surface area contributed by atoms with Gasteiger partial charge in [0.15, 0.2) is 0 Å². The molecule has 4 heteroatoms. The van der Waals surface area contributed by atoms with E-state index in [1.807, 2.05) is 0 Å². The van der Waals surface area contributed by atoms with Crippen LogP contribution in [-0.2, 0) is 0 Å². The molecule has 15 heavy (non-hydrogen) atoms. The van der Waals surface area contributed by atoms with Gasteiger partial charge in [0.1, 0.15) is 5.15 Å². The second kappa shape index (κ2) is 4.62. The number of carbonyl (C=O) groups is 1. The average Bonchev–Trinajstić information content (AvgIpc) is 3.01. The number of nitrogens with one attached hydrogen (secondary N) is 1. The molecule has 0 radical (unpaired) electrons. The van der Waals surface area contributed by atoms with Gasteiger partial charge in [0.25, 0.3) is 5.91 Å². The van der Waals surface area contributed by atoms with E-state index in [-0.39, 0.29) is 5.91 Å². The Labute approximate surface area is 93.8 Å². The van der Waals surface area contributed by atoms with E-state index in [9.17, 15) is 4.79 Å². The molecule has 2 rings (SSSR count). The first kappa shape index (κ1) is 10.4. The maximum atomic E-state index is 11.6. The summed E-state index contributed by atoms with van der Waals surface area (Å²) in [6.45, 7) is 0.753. The molecule has 1 aliphatic carbocycles. The summed E-state index contributed by atoms with van der Waals surface area (Å²) in [4.78, 5) is 15.4. The maximum absolute atomic E-state index is 11.6. The lowest BCUT2D eigenvalue weighted by Crippen LogP contribution is -2.24. The number of halogens is 1. The van der Waals surface area contributed by atoms with Gasteiger partial charge in [0.2, 0.25) is 0 Å². The van der Waals surface area contributed by atoms with Crippen molar-refractivity contribution in [1.82, 2.24) is 10.3 Å². The van der Waals surface area contributed by atoms with Gasteiger partial charge in [-0.1, -0.05) is 24.4 Å². The van der Waals surface area contributed by atoms with Gasteiger partial charge in [-0.3, -0.25) is 4.79 Å². The molecule has 0 aliphatic heterocycles. The third-order valence-electron chi connectivity index (χ3n) is 2.52. The molecule has 1 fully saturated rings. The second-order valence-corrected chi connectivity index (χ2v) is 4.24. The minimum absolute atomic E-state index is 0.0695. The van der Waals surface area contributed by atoms with E-state index < -0.39 is 0 Å². The maximum Gasteiger partial charge on any atom is 0.251 e. The first-order valence-corrected chi connectivity index (χ1v) is 5.53. The summed E-state index contributed by atoms with van der Waals surface area (Å²) in [6.07, 6.45) is 5.26. The highest BCUT2D eigenvalue weighted by molar-refractivity contribution is 6.29. The van der Waals surface area contributed by atoms with Gasteiger partial charge >= 0.3 is 0 Å². The highest BCUT2D eigenvalue weighted by Gasteiger charge is 2.20. The molecule has 0 atom stereocenters. The Kier molecular flexibility index (Phi) is 3.21. The van der Waals surface area contributed by atoms with Crippen molar-refractivity contribution in [3.05, 3.63) is 29.0 Å². The molecule has 0 aromatic carbocycles. The van der Waals surface area contributed by atoms with Gasteiger partial charge in [0.05, 0.1) is 0 Å². The first-order valence-electron chi connectivity index (χ1n) is 5.15. The van der Waals surface area contributed by atoms with Gasteiger partial charge in [-0.05, 0) is 24.5 Å². The smallest absolute Gasteiger partial charge is 0.251 e. The molecule has 3 nitrogen and oxygen atoms in total. The summed E-state index contributed by atoms with van der Waals surface area (Å²) >= 11 is 5.69. The summed E-state index contributed by atoms with van der Waals surface area (Å²) in [5, 5.41) is 3.22. The SMILES string of the molecule is O=C(NCCC1CC1)c1ccnc(Cl)c1. The molecule has 0 spiro atoms. The van der Waals surface area contributed by atoms with Gasteiger partial charge in [0, 0.05) is 18.3 Å². The number of hydrogen-bond acceptors (Lipinski definition) is 2. The summed E-state index contributed by atoms with van der Waals surface area (Å²) in [7, 11) is 0. The van der Waals surface area contributed by atoms with E-state index in [2.05, 4.69) is 10.3 Å². The lowest BCUT2D eigenvalue weighted by Gasteiger charge is -2.04.